The summed E-state index contributed by atoms with van der Waals surface area (Å²) in [6, 6.07) is 8.94. The third-order valence-corrected chi connectivity index (χ3v) is 3.75. The highest BCUT2D eigenvalue weighted by Crippen LogP contribution is 2.35. The molecule has 2 heteroatoms. The van der Waals surface area contributed by atoms with E-state index < -0.39 is 0 Å². The van der Waals surface area contributed by atoms with Crippen molar-refractivity contribution in [3.05, 3.63) is 24.3 Å². The molecule has 0 fully saturated rings. The lowest BCUT2D eigenvalue weighted by atomic mass is 9.95. The first-order valence-corrected chi connectivity index (χ1v) is 8.25. The Balaban J connectivity index is 2.31. The summed E-state index contributed by atoms with van der Waals surface area (Å²) in [6.07, 6.45) is 1.24. The summed E-state index contributed by atoms with van der Waals surface area (Å²) in [5, 5.41) is 0. The zero-order valence-electron chi connectivity index (χ0n) is 14.7. The van der Waals surface area contributed by atoms with E-state index in [1.54, 1.807) is 0 Å². The van der Waals surface area contributed by atoms with Gasteiger partial charge in [-0.25, -0.2) is 0 Å². The van der Waals surface area contributed by atoms with Crippen LogP contribution in [-0.4, -0.2) is 26.2 Å². The maximum atomic E-state index is 2.58. The van der Waals surface area contributed by atoms with E-state index in [2.05, 4.69) is 75.6 Å². The molecule has 0 amide bonds. The smallest absolute Gasteiger partial charge is 0.0604 e. The second kappa shape index (κ2) is 5.90. The number of nitrogens with zero attached hydrogens (tertiary/aromatic N) is 2. The Bertz CT molecular complexity index is 422. The van der Waals surface area contributed by atoms with Crippen molar-refractivity contribution in [2.75, 3.05) is 36.0 Å². The minimum Gasteiger partial charge on any atom is -0.369 e. The molecular weight excluding hydrogens is 256 g/mol. The van der Waals surface area contributed by atoms with Gasteiger partial charge < -0.3 is 9.80 Å². The predicted molar refractivity (Wildman–Crippen MR) is 94.4 cm³/mol. The van der Waals surface area contributed by atoms with Crippen LogP contribution in [0.15, 0.2) is 24.3 Å². The molecule has 0 bridgehead atoms. The molecule has 0 radical (unpaired) electrons. The lowest BCUT2D eigenvalue weighted by molar-refractivity contribution is 0.405. The summed E-state index contributed by atoms with van der Waals surface area (Å²) in [6.45, 7) is 18.5. The van der Waals surface area contributed by atoms with Gasteiger partial charge in [0.05, 0.1) is 11.4 Å². The van der Waals surface area contributed by atoms with Crippen LogP contribution in [0.25, 0.3) is 0 Å². The Morgan fingerprint density at radius 1 is 0.762 bits per heavy atom. The quantitative estimate of drug-likeness (QED) is 0.771. The Labute approximate surface area is 131 Å². The SMILES string of the molecule is CC(C)(C)CN1CCCN(CC(C)(C)C)c2ccccc21. The van der Waals surface area contributed by atoms with Crippen LogP contribution in [0.2, 0.25) is 0 Å². The first-order chi connectivity index (χ1) is 9.66. The van der Waals surface area contributed by atoms with E-state index in [4.69, 9.17) is 0 Å². The molecular formula is C19H32N2. The van der Waals surface area contributed by atoms with E-state index in [0.29, 0.717) is 10.8 Å². The normalized spacial score (nSPS) is 16.7. The van der Waals surface area contributed by atoms with Gasteiger partial charge in [0, 0.05) is 26.2 Å². The van der Waals surface area contributed by atoms with Crippen molar-refractivity contribution in [1.82, 2.24) is 0 Å². The topological polar surface area (TPSA) is 6.48 Å². The highest BCUT2D eigenvalue weighted by Gasteiger charge is 2.25. The molecule has 2 nitrogen and oxygen atoms in total. The van der Waals surface area contributed by atoms with Gasteiger partial charge in [-0.05, 0) is 29.4 Å². The fourth-order valence-corrected chi connectivity index (χ4v) is 3.17. The molecule has 0 aromatic heterocycles. The van der Waals surface area contributed by atoms with E-state index in [0.717, 1.165) is 26.2 Å². The molecule has 1 aromatic carbocycles. The summed E-state index contributed by atoms with van der Waals surface area (Å²) in [5.74, 6) is 0. The first-order valence-electron chi connectivity index (χ1n) is 8.25. The fourth-order valence-electron chi connectivity index (χ4n) is 3.17. The van der Waals surface area contributed by atoms with Gasteiger partial charge in [0.1, 0.15) is 0 Å². The fraction of sp³-hybridized carbons (Fsp3) is 0.684. The lowest BCUT2D eigenvalue weighted by Crippen LogP contribution is -2.33. The Morgan fingerprint density at radius 3 is 1.48 bits per heavy atom. The zero-order valence-corrected chi connectivity index (χ0v) is 14.7. The van der Waals surface area contributed by atoms with E-state index in [-0.39, 0.29) is 0 Å². The lowest BCUT2D eigenvalue weighted by Gasteiger charge is -2.34. The number of rotatable bonds is 2. The summed E-state index contributed by atoms with van der Waals surface area (Å²) < 4.78 is 0. The third kappa shape index (κ3) is 4.66. The van der Waals surface area contributed by atoms with Crippen molar-refractivity contribution in [3.8, 4) is 0 Å². The number of hydrogen-bond donors (Lipinski definition) is 0. The summed E-state index contributed by atoms with van der Waals surface area (Å²) in [5.41, 5.74) is 3.47. The van der Waals surface area contributed by atoms with Crippen LogP contribution in [-0.2, 0) is 0 Å². The van der Waals surface area contributed by atoms with E-state index in [1.807, 2.05) is 0 Å². The van der Waals surface area contributed by atoms with Crippen LogP contribution in [0.3, 0.4) is 0 Å². The maximum Gasteiger partial charge on any atom is 0.0604 e. The third-order valence-electron chi connectivity index (χ3n) is 3.75. The molecule has 1 heterocycles. The van der Waals surface area contributed by atoms with Crippen molar-refractivity contribution in [2.45, 2.75) is 48.0 Å². The number of benzene rings is 1. The van der Waals surface area contributed by atoms with Crippen LogP contribution >= 0.6 is 0 Å². The average molecular weight is 288 g/mol. The first kappa shape index (κ1) is 16.2. The van der Waals surface area contributed by atoms with Crippen molar-refractivity contribution >= 4 is 11.4 Å². The minimum atomic E-state index is 0.326. The Hall–Kier alpha value is -1.18. The minimum absolute atomic E-state index is 0.326. The second-order valence-corrected chi connectivity index (χ2v) is 8.81. The number of para-hydroxylation sites is 2. The average Bonchev–Trinajstić information content (AvgIpc) is 2.47. The van der Waals surface area contributed by atoms with Gasteiger partial charge in [-0.2, -0.15) is 0 Å². The Kier molecular flexibility index (Phi) is 4.55. The standard InChI is InChI=1S/C19H32N2/c1-18(2,3)14-20-12-9-13-21(15-19(4,5)6)17-11-8-7-10-16(17)20/h7-8,10-11H,9,12-15H2,1-6H3. The molecule has 2 rings (SSSR count). The summed E-state index contributed by atoms with van der Waals surface area (Å²) >= 11 is 0. The monoisotopic (exact) mass is 288 g/mol. The molecule has 0 spiro atoms. The van der Waals surface area contributed by atoms with Crippen molar-refractivity contribution in [2.24, 2.45) is 10.8 Å². The van der Waals surface area contributed by atoms with Gasteiger partial charge in [0.25, 0.3) is 0 Å². The van der Waals surface area contributed by atoms with Crippen LogP contribution in [0.1, 0.15) is 48.0 Å². The molecule has 0 unspecified atom stereocenters. The van der Waals surface area contributed by atoms with E-state index in [9.17, 15) is 0 Å². The predicted octanol–water partition coefficient (Wildman–Crippen LogP) is 4.80. The molecule has 0 N–H and O–H groups in total. The number of fused-ring (bicyclic) bond motifs is 1. The molecule has 1 aliphatic rings. The molecule has 1 aliphatic heterocycles. The van der Waals surface area contributed by atoms with Crippen LogP contribution < -0.4 is 9.80 Å². The molecule has 0 atom stereocenters. The molecule has 21 heavy (non-hydrogen) atoms. The molecule has 1 aromatic rings. The number of hydrogen-bond acceptors (Lipinski definition) is 2. The molecule has 0 saturated carbocycles. The van der Waals surface area contributed by atoms with Crippen LogP contribution in [0, 0.1) is 10.8 Å². The van der Waals surface area contributed by atoms with Crippen molar-refractivity contribution in [3.63, 3.8) is 0 Å². The number of anilines is 2. The van der Waals surface area contributed by atoms with Crippen LogP contribution in [0.4, 0.5) is 11.4 Å². The van der Waals surface area contributed by atoms with Gasteiger partial charge in [-0.15, -0.1) is 0 Å². The van der Waals surface area contributed by atoms with Gasteiger partial charge in [-0.3, -0.25) is 0 Å². The van der Waals surface area contributed by atoms with Crippen molar-refractivity contribution in [1.29, 1.82) is 0 Å². The molecule has 118 valence electrons. The maximum absolute atomic E-state index is 2.58. The van der Waals surface area contributed by atoms with Crippen LogP contribution in [0.5, 0.6) is 0 Å². The van der Waals surface area contributed by atoms with Gasteiger partial charge in [-0.1, -0.05) is 53.7 Å². The highest BCUT2D eigenvalue weighted by molar-refractivity contribution is 5.72. The largest absolute Gasteiger partial charge is 0.369 e. The van der Waals surface area contributed by atoms with Gasteiger partial charge in [0.15, 0.2) is 0 Å². The van der Waals surface area contributed by atoms with Gasteiger partial charge >= 0.3 is 0 Å². The molecule has 0 aliphatic carbocycles. The highest BCUT2D eigenvalue weighted by atomic mass is 15.2. The second-order valence-electron chi connectivity index (χ2n) is 8.81. The zero-order chi connectivity index (χ0) is 15.7. The van der Waals surface area contributed by atoms with Gasteiger partial charge in [0.2, 0.25) is 0 Å². The van der Waals surface area contributed by atoms with E-state index >= 15 is 0 Å². The summed E-state index contributed by atoms with van der Waals surface area (Å²) in [7, 11) is 0. The van der Waals surface area contributed by atoms with E-state index in [1.165, 1.54) is 17.8 Å². The Morgan fingerprint density at radius 2 is 1.14 bits per heavy atom. The summed E-state index contributed by atoms with van der Waals surface area (Å²) in [4.78, 5) is 5.16. The van der Waals surface area contributed by atoms with Crippen molar-refractivity contribution < 1.29 is 0 Å². The molecule has 0 saturated heterocycles.